The van der Waals surface area contributed by atoms with Crippen LogP contribution >= 0.6 is 6.19 Å². The van der Waals surface area contributed by atoms with E-state index in [9.17, 15) is 5.11 Å². The SMILES string of the molecule is Oc1ccccc1/C=N/P(=S)(c1ccccc1)c1ccccc1. The summed E-state index contributed by atoms with van der Waals surface area (Å²) in [6, 6.07) is 27.1. The van der Waals surface area contributed by atoms with Gasteiger partial charge in [0.2, 0.25) is 0 Å². The van der Waals surface area contributed by atoms with Gasteiger partial charge in [-0.05, 0) is 12.1 Å². The normalized spacial score (nSPS) is 11.7. The lowest BCUT2D eigenvalue weighted by atomic mass is 10.2. The van der Waals surface area contributed by atoms with Crippen LogP contribution in [0.5, 0.6) is 5.75 Å². The van der Waals surface area contributed by atoms with E-state index in [0.717, 1.165) is 10.6 Å². The highest BCUT2D eigenvalue weighted by Crippen LogP contribution is 2.45. The number of para-hydroxylation sites is 1. The van der Waals surface area contributed by atoms with Crippen molar-refractivity contribution in [2.45, 2.75) is 0 Å². The first-order chi connectivity index (χ1) is 11.2. The van der Waals surface area contributed by atoms with E-state index in [1.165, 1.54) is 0 Å². The zero-order valence-corrected chi connectivity index (χ0v) is 14.1. The predicted molar refractivity (Wildman–Crippen MR) is 102 cm³/mol. The second kappa shape index (κ2) is 6.91. The quantitative estimate of drug-likeness (QED) is 0.579. The van der Waals surface area contributed by atoms with E-state index in [0.29, 0.717) is 5.56 Å². The van der Waals surface area contributed by atoms with Gasteiger partial charge in [0.15, 0.2) is 0 Å². The first kappa shape index (κ1) is 15.7. The third-order valence-electron chi connectivity index (χ3n) is 3.51. The average Bonchev–Trinajstić information content (AvgIpc) is 2.62. The molecule has 0 saturated heterocycles. The Morgan fingerprint density at radius 3 is 1.74 bits per heavy atom. The van der Waals surface area contributed by atoms with Crippen molar-refractivity contribution in [2.75, 3.05) is 0 Å². The Morgan fingerprint density at radius 1 is 0.739 bits per heavy atom. The van der Waals surface area contributed by atoms with Gasteiger partial charge >= 0.3 is 0 Å². The van der Waals surface area contributed by atoms with Gasteiger partial charge in [0.1, 0.15) is 11.9 Å². The molecule has 3 aromatic carbocycles. The minimum absolute atomic E-state index is 0.207. The molecular weight excluding hydrogens is 321 g/mol. The topological polar surface area (TPSA) is 32.6 Å². The molecule has 3 aromatic rings. The lowest BCUT2D eigenvalue weighted by Gasteiger charge is -2.18. The molecule has 0 heterocycles. The van der Waals surface area contributed by atoms with Crippen molar-refractivity contribution in [3.8, 4) is 5.75 Å². The zero-order valence-electron chi connectivity index (χ0n) is 12.4. The maximum absolute atomic E-state index is 9.94. The van der Waals surface area contributed by atoms with Gasteiger partial charge in [0, 0.05) is 22.4 Å². The van der Waals surface area contributed by atoms with Crippen LogP contribution in [-0.4, -0.2) is 11.3 Å². The highest BCUT2D eigenvalue weighted by atomic mass is 32.4. The fourth-order valence-electron chi connectivity index (χ4n) is 2.28. The number of nitrogens with zero attached hydrogens (tertiary/aromatic N) is 1. The standard InChI is InChI=1S/C19H16NOPS/c21-19-14-8-7-9-16(19)15-20-22(23,17-10-3-1-4-11-17)18-12-5-2-6-13-18/h1-15,21H/b20-15+. The fraction of sp³-hybridized carbons (Fsp3) is 0. The Morgan fingerprint density at radius 2 is 1.22 bits per heavy atom. The summed E-state index contributed by atoms with van der Waals surface area (Å²) >= 11 is 6.01. The summed E-state index contributed by atoms with van der Waals surface area (Å²) in [5.74, 6) is 0.207. The third-order valence-corrected chi connectivity index (χ3v) is 7.49. The van der Waals surface area contributed by atoms with E-state index in [4.69, 9.17) is 16.6 Å². The van der Waals surface area contributed by atoms with E-state index in [1.807, 2.05) is 72.8 Å². The van der Waals surface area contributed by atoms with E-state index >= 15 is 0 Å². The lowest BCUT2D eigenvalue weighted by Crippen LogP contribution is -2.14. The Hall–Kier alpha value is -2.22. The van der Waals surface area contributed by atoms with Gasteiger partial charge in [0.05, 0.1) is 0 Å². The van der Waals surface area contributed by atoms with Crippen LogP contribution in [-0.2, 0) is 11.8 Å². The van der Waals surface area contributed by atoms with Crippen LogP contribution in [0, 0.1) is 0 Å². The summed E-state index contributed by atoms with van der Waals surface area (Å²) in [6.45, 7) is 0. The summed E-state index contributed by atoms with van der Waals surface area (Å²) in [5.41, 5.74) is 0.675. The van der Waals surface area contributed by atoms with Crippen molar-refractivity contribution < 1.29 is 5.11 Å². The van der Waals surface area contributed by atoms with Crippen molar-refractivity contribution in [3.63, 3.8) is 0 Å². The molecule has 1 N–H and O–H groups in total. The molecule has 0 radical (unpaired) electrons. The van der Waals surface area contributed by atoms with Gasteiger partial charge in [-0.15, -0.1) is 0 Å². The first-order valence-corrected chi connectivity index (χ1v) is 10.0. The van der Waals surface area contributed by atoms with Crippen molar-refractivity contribution in [1.82, 2.24) is 0 Å². The summed E-state index contributed by atoms with van der Waals surface area (Å²) in [4.78, 5) is 0. The number of aromatic hydroxyl groups is 1. The lowest BCUT2D eigenvalue weighted by molar-refractivity contribution is 0.474. The minimum Gasteiger partial charge on any atom is -0.507 e. The number of hydrogen-bond acceptors (Lipinski definition) is 2. The Bertz CT molecular complexity index is 819. The summed E-state index contributed by atoms with van der Waals surface area (Å²) < 4.78 is 4.77. The van der Waals surface area contributed by atoms with Gasteiger partial charge in [-0.2, -0.15) is 0 Å². The minimum atomic E-state index is -2.32. The second-order valence-electron chi connectivity index (χ2n) is 5.05. The fourth-order valence-corrected chi connectivity index (χ4v) is 5.16. The van der Waals surface area contributed by atoms with E-state index in [1.54, 1.807) is 18.3 Å². The molecule has 0 aromatic heterocycles. The van der Waals surface area contributed by atoms with Gasteiger partial charge in [-0.3, -0.25) is 4.76 Å². The molecule has 0 atom stereocenters. The van der Waals surface area contributed by atoms with Gasteiger partial charge < -0.3 is 5.11 Å². The maximum atomic E-state index is 9.94. The van der Waals surface area contributed by atoms with Crippen LogP contribution in [0.4, 0.5) is 0 Å². The highest BCUT2D eigenvalue weighted by Gasteiger charge is 2.20. The Labute approximate surface area is 141 Å². The highest BCUT2D eigenvalue weighted by molar-refractivity contribution is 8.21. The predicted octanol–water partition coefficient (Wildman–Crippen LogP) is 3.86. The largest absolute Gasteiger partial charge is 0.507 e. The van der Waals surface area contributed by atoms with Crippen LogP contribution in [0.2, 0.25) is 0 Å². The molecule has 3 rings (SSSR count). The molecule has 0 aliphatic heterocycles. The Balaban J connectivity index is 2.11. The number of hydrogen-bond donors (Lipinski definition) is 1. The molecule has 0 aliphatic carbocycles. The summed E-state index contributed by atoms with van der Waals surface area (Å²) in [6.07, 6.45) is -0.627. The number of phenolic OH excluding ortho intramolecular Hbond substituents is 1. The molecular formula is C19H16NOPS. The summed E-state index contributed by atoms with van der Waals surface area (Å²) in [7, 11) is 0. The van der Waals surface area contributed by atoms with E-state index in [2.05, 4.69) is 0 Å². The van der Waals surface area contributed by atoms with Crippen LogP contribution in [0.1, 0.15) is 5.56 Å². The molecule has 0 bridgehead atoms. The van der Waals surface area contributed by atoms with Gasteiger partial charge in [0.25, 0.3) is 0 Å². The average molecular weight is 337 g/mol. The molecule has 0 spiro atoms. The summed E-state index contributed by atoms with van der Waals surface area (Å²) in [5, 5.41) is 12.0. The van der Waals surface area contributed by atoms with Crippen molar-refractivity contribution in [2.24, 2.45) is 4.76 Å². The second-order valence-corrected chi connectivity index (χ2v) is 9.05. The van der Waals surface area contributed by atoms with E-state index < -0.39 is 6.19 Å². The van der Waals surface area contributed by atoms with Crippen LogP contribution in [0.3, 0.4) is 0 Å². The molecule has 23 heavy (non-hydrogen) atoms. The molecule has 4 heteroatoms. The number of phenols is 1. The number of rotatable bonds is 4. The smallest absolute Gasteiger partial charge is 0.124 e. The molecule has 0 amide bonds. The monoisotopic (exact) mass is 337 g/mol. The molecule has 114 valence electrons. The van der Waals surface area contributed by atoms with Gasteiger partial charge in [-0.25, -0.2) is 0 Å². The van der Waals surface area contributed by atoms with Crippen LogP contribution in [0.15, 0.2) is 89.7 Å². The molecule has 0 unspecified atom stereocenters. The number of benzene rings is 3. The van der Waals surface area contributed by atoms with Crippen molar-refractivity contribution in [1.29, 1.82) is 0 Å². The maximum Gasteiger partial charge on any atom is 0.124 e. The third kappa shape index (κ3) is 3.42. The van der Waals surface area contributed by atoms with Crippen LogP contribution < -0.4 is 10.6 Å². The van der Waals surface area contributed by atoms with Crippen molar-refractivity contribution in [3.05, 3.63) is 90.5 Å². The zero-order chi connectivity index (χ0) is 16.1. The first-order valence-electron chi connectivity index (χ1n) is 7.25. The Kier molecular flexibility index (Phi) is 4.71. The molecule has 0 aliphatic rings. The molecule has 0 fully saturated rings. The van der Waals surface area contributed by atoms with Crippen molar-refractivity contribution >= 4 is 34.8 Å². The van der Waals surface area contributed by atoms with E-state index in [-0.39, 0.29) is 5.75 Å². The molecule has 0 saturated carbocycles. The molecule has 2 nitrogen and oxygen atoms in total. The van der Waals surface area contributed by atoms with Crippen LogP contribution in [0.25, 0.3) is 0 Å². The van der Waals surface area contributed by atoms with Gasteiger partial charge in [-0.1, -0.05) is 84.6 Å².